The molecule has 18 heavy (non-hydrogen) atoms. The van der Waals surface area contributed by atoms with Crippen LogP contribution in [0.4, 0.5) is 17.8 Å². The zero-order valence-corrected chi connectivity index (χ0v) is 10.5. The van der Waals surface area contributed by atoms with Crippen molar-refractivity contribution in [3.63, 3.8) is 0 Å². The van der Waals surface area contributed by atoms with Crippen molar-refractivity contribution in [3.05, 3.63) is 0 Å². The number of hydrogen-bond acceptors (Lipinski definition) is 7. The van der Waals surface area contributed by atoms with Crippen LogP contribution in [0.25, 0.3) is 0 Å². The Balaban J connectivity index is 2.06. The van der Waals surface area contributed by atoms with Crippen molar-refractivity contribution in [1.29, 1.82) is 0 Å². The second kappa shape index (κ2) is 5.03. The molecule has 1 saturated heterocycles. The number of hydrogen-bond donors (Lipinski definition) is 3. The maximum atomic E-state index is 11.1. The Kier molecular flexibility index (Phi) is 3.45. The van der Waals surface area contributed by atoms with Crippen molar-refractivity contribution in [2.45, 2.75) is 18.9 Å². The van der Waals surface area contributed by atoms with E-state index in [0.29, 0.717) is 24.9 Å². The van der Waals surface area contributed by atoms with Crippen LogP contribution >= 0.6 is 0 Å². The molecule has 98 valence electrons. The number of carbonyl (C=O) groups excluding carboxylic acids is 1. The second-order valence-corrected chi connectivity index (χ2v) is 4.40. The molecule has 0 radical (unpaired) electrons. The number of nitrogens with two attached hydrogens (primary N) is 1. The van der Waals surface area contributed by atoms with Crippen LogP contribution in [-0.4, -0.2) is 47.5 Å². The van der Waals surface area contributed by atoms with Gasteiger partial charge in [0, 0.05) is 33.1 Å². The fourth-order valence-electron chi connectivity index (χ4n) is 1.68. The summed E-state index contributed by atoms with van der Waals surface area (Å²) in [6.45, 7) is 0.571. The first-order valence-corrected chi connectivity index (χ1v) is 5.76. The van der Waals surface area contributed by atoms with E-state index in [2.05, 4.69) is 25.6 Å². The number of aromatic nitrogens is 3. The van der Waals surface area contributed by atoms with Gasteiger partial charge in [-0.05, 0) is 6.42 Å². The van der Waals surface area contributed by atoms with E-state index in [-0.39, 0.29) is 17.9 Å². The SMILES string of the molecule is CN(C)c1nc(N)nc(NC2CCC(=O)NC2)n1. The topological polar surface area (TPSA) is 109 Å². The second-order valence-electron chi connectivity index (χ2n) is 4.40. The summed E-state index contributed by atoms with van der Waals surface area (Å²) in [6, 6.07) is 0.125. The molecule has 1 unspecified atom stereocenters. The minimum atomic E-state index is 0.0807. The van der Waals surface area contributed by atoms with Gasteiger partial charge in [0.05, 0.1) is 0 Å². The molecule has 8 nitrogen and oxygen atoms in total. The molecule has 2 rings (SSSR count). The standard InChI is InChI=1S/C10H17N7O/c1-17(2)10-15-8(11)14-9(16-10)13-6-3-4-7(18)12-5-6/h6H,3-5H2,1-2H3,(H,12,18)(H3,11,13,14,15,16). The lowest BCUT2D eigenvalue weighted by molar-refractivity contribution is -0.122. The minimum Gasteiger partial charge on any atom is -0.368 e. The van der Waals surface area contributed by atoms with Crippen molar-refractivity contribution in [2.24, 2.45) is 0 Å². The van der Waals surface area contributed by atoms with Gasteiger partial charge < -0.3 is 21.3 Å². The molecule has 0 bridgehead atoms. The number of amides is 1. The highest BCUT2D eigenvalue weighted by atomic mass is 16.1. The third-order valence-electron chi connectivity index (χ3n) is 2.64. The molecular weight excluding hydrogens is 234 g/mol. The van der Waals surface area contributed by atoms with Gasteiger partial charge in [0.15, 0.2) is 0 Å². The van der Waals surface area contributed by atoms with Crippen molar-refractivity contribution in [3.8, 4) is 0 Å². The van der Waals surface area contributed by atoms with Crippen LogP contribution in [0.1, 0.15) is 12.8 Å². The predicted octanol–water partition coefficient (Wildman–Crippen LogP) is -0.790. The Morgan fingerprint density at radius 2 is 2.17 bits per heavy atom. The Bertz CT molecular complexity index is 438. The van der Waals surface area contributed by atoms with Gasteiger partial charge in [-0.15, -0.1) is 0 Å². The van der Waals surface area contributed by atoms with Crippen LogP contribution in [0.2, 0.25) is 0 Å². The van der Waals surface area contributed by atoms with Crippen molar-refractivity contribution < 1.29 is 4.79 Å². The molecule has 1 aliphatic heterocycles. The summed E-state index contributed by atoms with van der Waals surface area (Å²) in [5.74, 6) is 1.20. The minimum absolute atomic E-state index is 0.0807. The molecule has 1 aromatic heterocycles. The average Bonchev–Trinajstić information content (AvgIpc) is 2.31. The third kappa shape index (κ3) is 2.96. The number of nitrogens with zero attached hydrogens (tertiary/aromatic N) is 4. The van der Waals surface area contributed by atoms with E-state index in [1.807, 2.05) is 14.1 Å². The zero-order valence-electron chi connectivity index (χ0n) is 10.5. The van der Waals surface area contributed by atoms with Crippen molar-refractivity contribution in [2.75, 3.05) is 36.6 Å². The molecule has 4 N–H and O–H groups in total. The highest BCUT2D eigenvalue weighted by molar-refractivity contribution is 5.76. The van der Waals surface area contributed by atoms with E-state index in [1.54, 1.807) is 4.90 Å². The van der Waals surface area contributed by atoms with Crippen molar-refractivity contribution in [1.82, 2.24) is 20.3 Å². The molecule has 0 spiro atoms. The first-order valence-electron chi connectivity index (χ1n) is 5.76. The van der Waals surface area contributed by atoms with Crippen LogP contribution in [0.3, 0.4) is 0 Å². The Labute approximate surface area is 105 Å². The van der Waals surface area contributed by atoms with Crippen LogP contribution < -0.4 is 21.3 Å². The zero-order chi connectivity index (χ0) is 13.1. The van der Waals surface area contributed by atoms with Crippen LogP contribution in [0, 0.1) is 0 Å². The van der Waals surface area contributed by atoms with E-state index in [0.717, 1.165) is 6.42 Å². The quantitative estimate of drug-likeness (QED) is 0.646. The normalized spacial score (nSPS) is 19.2. The Hall–Kier alpha value is -2.12. The first-order chi connectivity index (χ1) is 8.54. The molecule has 2 heterocycles. The van der Waals surface area contributed by atoms with Crippen molar-refractivity contribution >= 4 is 23.8 Å². The van der Waals surface area contributed by atoms with E-state index < -0.39 is 0 Å². The predicted molar refractivity (Wildman–Crippen MR) is 68.2 cm³/mol. The number of nitrogen functional groups attached to an aromatic ring is 1. The Morgan fingerprint density at radius 1 is 1.39 bits per heavy atom. The molecule has 1 amide bonds. The molecule has 1 atom stereocenters. The highest BCUT2D eigenvalue weighted by Gasteiger charge is 2.19. The lowest BCUT2D eigenvalue weighted by Gasteiger charge is -2.23. The monoisotopic (exact) mass is 251 g/mol. The van der Waals surface area contributed by atoms with Gasteiger partial charge in [-0.25, -0.2) is 0 Å². The fourth-order valence-corrected chi connectivity index (χ4v) is 1.68. The van der Waals surface area contributed by atoms with Crippen LogP contribution in [-0.2, 0) is 4.79 Å². The van der Waals surface area contributed by atoms with Gasteiger partial charge >= 0.3 is 0 Å². The van der Waals surface area contributed by atoms with Gasteiger partial charge in [-0.3, -0.25) is 4.79 Å². The summed E-state index contributed by atoms with van der Waals surface area (Å²) in [7, 11) is 3.67. The van der Waals surface area contributed by atoms with Gasteiger partial charge in [0.1, 0.15) is 0 Å². The van der Waals surface area contributed by atoms with E-state index in [9.17, 15) is 4.79 Å². The number of carbonyl (C=O) groups is 1. The average molecular weight is 251 g/mol. The summed E-state index contributed by atoms with van der Waals surface area (Å²) in [4.78, 5) is 25.1. The van der Waals surface area contributed by atoms with E-state index in [4.69, 9.17) is 5.73 Å². The smallest absolute Gasteiger partial charge is 0.231 e. The van der Waals surface area contributed by atoms with Gasteiger partial charge in [-0.2, -0.15) is 15.0 Å². The maximum Gasteiger partial charge on any atom is 0.231 e. The number of anilines is 3. The maximum absolute atomic E-state index is 11.1. The van der Waals surface area contributed by atoms with Gasteiger partial charge in [0.25, 0.3) is 0 Å². The molecular formula is C10H17N7O. The largest absolute Gasteiger partial charge is 0.368 e. The van der Waals surface area contributed by atoms with Crippen LogP contribution in [0.15, 0.2) is 0 Å². The van der Waals surface area contributed by atoms with Gasteiger partial charge in [0.2, 0.25) is 23.8 Å². The summed E-state index contributed by atoms with van der Waals surface area (Å²) in [5, 5.41) is 5.94. The molecule has 0 aromatic carbocycles. The summed E-state index contributed by atoms with van der Waals surface area (Å²) < 4.78 is 0. The van der Waals surface area contributed by atoms with E-state index in [1.165, 1.54) is 0 Å². The van der Waals surface area contributed by atoms with Gasteiger partial charge in [-0.1, -0.05) is 0 Å². The molecule has 0 saturated carbocycles. The lowest BCUT2D eigenvalue weighted by atomic mass is 10.1. The molecule has 1 aliphatic rings. The lowest BCUT2D eigenvalue weighted by Crippen LogP contribution is -2.42. The molecule has 8 heteroatoms. The van der Waals surface area contributed by atoms with Crippen LogP contribution in [0.5, 0.6) is 0 Å². The third-order valence-corrected chi connectivity index (χ3v) is 2.64. The molecule has 0 aliphatic carbocycles. The highest BCUT2D eigenvalue weighted by Crippen LogP contribution is 2.12. The van der Waals surface area contributed by atoms with E-state index >= 15 is 0 Å². The first kappa shape index (κ1) is 12.3. The number of rotatable bonds is 3. The molecule has 1 aromatic rings. The molecule has 1 fully saturated rings. The number of nitrogens with one attached hydrogen (secondary N) is 2. The summed E-state index contributed by atoms with van der Waals surface area (Å²) in [6.07, 6.45) is 1.27. The Morgan fingerprint density at radius 3 is 2.78 bits per heavy atom. The summed E-state index contributed by atoms with van der Waals surface area (Å²) in [5.41, 5.74) is 5.63. The number of piperidine rings is 1. The summed E-state index contributed by atoms with van der Waals surface area (Å²) >= 11 is 0. The fraction of sp³-hybridized carbons (Fsp3) is 0.600.